The van der Waals surface area contributed by atoms with Crippen LogP contribution < -0.4 is 10.2 Å². The number of thiazole rings is 1. The highest BCUT2D eigenvalue weighted by molar-refractivity contribution is 7.14. The number of hydrogen-bond acceptors (Lipinski definition) is 4. The van der Waals surface area contributed by atoms with E-state index >= 15 is 0 Å². The number of aromatic nitrogens is 1. The predicted octanol–water partition coefficient (Wildman–Crippen LogP) is 1.98. The second-order valence-electron chi connectivity index (χ2n) is 4.19. The Morgan fingerprint density at radius 3 is 3.00 bits per heavy atom. The lowest BCUT2D eigenvalue weighted by Gasteiger charge is -2.38. The summed E-state index contributed by atoms with van der Waals surface area (Å²) in [5.74, 6) is 0. The van der Waals surface area contributed by atoms with Gasteiger partial charge < -0.3 is 10.2 Å². The largest absolute Gasteiger partial charge is 0.345 e. The van der Waals surface area contributed by atoms with Gasteiger partial charge in [-0.3, -0.25) is 0 Å². The van der Waals surface area contributed by atoms with Gasteiger partial charge in [-0.15, -0.1) is 11.3 Å². The van der Waals surface area contributed by atoms with Crippen LogP contribution in [0.15, 0.2) is 5.38 Å². The summed E-state index contributed by atoms with van der Waals surface area (Å²) < 4.78 is 0. The van der Waals surface area contributed by atoms with Crippen LogP contribution in [0.25, 0.3) is 0 Å². The van der Waals surface area contributed by atoms with Crippen molar-refractivity contribution >= 4 is 28.1 Å². The van der Waals surface area contributed by atoms with Crippen LogP contribution in [-0.2, 0) is 0 Å². The third-order valence-electron chi connectivity index (χ3n) is 2.31. The molecular formula is C9H14ClN3S. The molecule has 1 saturated heterocycles. The summed E-state index contributed by atoms with van der Waals surface area (Å²) in [6, 6.07) is 0. The molecule has 0 amide bonds. The van der Waals surface area contributed by atoms with Crippen molar-refractivity contribution in [2.45, 2.75) is 19.4 Å². The Balaban J connectivity index is 2.12. The fourth-order valence-corrected chi connectivity index (χ4v) is 2.67. The molecule has 2 rings (SSSR count). The summed E-state index contributed by atoms with van der Waals surface area (Å²) in [7, 11) is 0. The monoisotopic (exact) mass is 231 g/mol. The smallest absolute Gasteiger partial charge is 0.186 e. The minimum Gasteiger partial charge on any atom is -0.345 e. The molecule has 0 saturated carbocycles. The summed E-state index contributed by atoms with van der Waals surface area (Å²) in [6.45, 7) is 7.40. The lowest BCUT2D eigenvalue weighted by molar-refractivity contribution is 0.353. The zero-order valence-corrected chi connectivity index (χ0v) is 9.95. The Kier molecular flexibility index (Phi) is 2.68. The van der Waals surface area contributed by atoms with Crippen molar-refractivity contribution in [1.82, 2.24) is 10.3 Å². The van der Waals surface area contributed by atoms with Gasteiger partial charge in [0.15, 0.2) is 5.13 Å². The van der Waals surface area contributed by atoms with Gasteiger partial charge in [-0.1, -0.05) is 11.6 Å². The van der Waals surface area contributed by atoms with Crippen molar-refractivity contribution in [2.24, 2.45) is 0 Å². The maximum atomic E-state index is 5.81. The Labute approximate surface area is 93.1 Å². The van der Waals surface area contributed by atoms with E-state index in [1.54, 1.807) is 11.3 Å². The van der Waals surface area contributed by atoms with Gasteiger partial charge >= 0.3 is 0 Å². The molecule has 1 aliphatic heterocycles. The summed E-state index contributed by atoms with van der Waals surface area (Å²) >= 11 is 7.42. The summed E-state index contributed by atoms with van der Waals surface area (Å²) in [5.41, 5.74) is 0.163. The highest BCUT2D eigenvalue weighted by Crippen LogP contribution is 2.25. The molecule has 0 spiro atoms. The maximum absolute atomic E-state index is 5.81. The first kappa shape index (κ1) is 10.2. The average Bonchev–Trinajstić information content (AvgIpc) is 2.50. The second-order valence-corrected chi connectivity index (χ2v) is 5.41. The maximum Gasteiger partial charge on any atom is 0.186 e. The Bertz CT molecular complexity index is 324. The quantitative estimate of drug-likeness (QED) is 0.801. The van der Waals surface area contributed by atoms with Crippen LogP contribution >= 0.6 is 22.9 Å². The third kappa shape index (κ3) is 2.19. The van der Waals surface area contributed by atoms with Gasteiger partial charge in [0, 0.05) is 30.6 Å². The van der Waals surface area contributed by atoms with Crippen molar-refractivity contribution in [3.8, 4) is 0 Å². The molecule has 0 unspecified atom stereocenters. The van der Waals surface area contributed by atoms with Gasteiger partial charge in [0.05, 0.1) is 0 Å². The fraction of sp³-hybridized carbons (Fsp3) is 0.667. The minimum atomic E-state index is 0.163. The van der Waals surface area contributed by atoms with Crippen LogP contribution in [0, 0.1) is 0 Å². The lowest BCUT2D eigenvalue weighted by Crippen LogP contribution is -2.57. The first-order valence-electron chi connectivity index (χ1n) is 4.68. The van der Waals surface area contributed by atoms with Crippen molar-refractivity contribution < 1.29 is 0 Å². The zero-order chi connectivity index (χ0) is 10.2. The number of nitrogens with one attached hydrogen (secondary N) is 1. The molecule has 1 aromatic heterocycles. The molecule has 5 heteroatoms. The Morgan fingerprint density at radius 2 is 2.43 bits per heavy atom. The normalized spacial score (nSPS) is 21.2. The fourth-order valence-electron chi connectivity index (χ4n) is 1.70. The minimum absolute atomic E-state index is 0.163. The van der Waals surface area contributed by atoms with Crippen LogP contribution in [0.1, 0.15) is 13.8 Å². The van der Waals surface area contributed by atoms with E-state index in [1.807, 2.05) is 5.38 Å². The average molecular weight is 232 g/mol. The van der Waals surface area contributed by atoms with Crippen LogP contribution in [0.4, 0.5) is 5.13 Å². The third-order valence-corrected chi connectivity index (χ3v) is 3.53. The van der Waals surface area contributed by atoms with Crippen molar-refractivity contribution in [3.05, 3.63) is 10.5 Å². The van der Waals surface area contributed by atoms with Crippen molar-refractivity contribution in [1.29, 1.82) is 0 Å². The van der Waals surface area contributed by atoms with Gasteiger partial charge in [-0.05, 0) is 13.8 Å². The topological polar surface area (TPSA) is 28.2 Å². The number of nitrogens with zero attached hydrogens (tertiary/aromatic N) is 2. The molecular weight excluding hydrogens is 218 g/mol. The van der Waals surface area contributed by atoms with Crippen LogP contribution in [0.2, 0.25) is 5.15 Å². The molecule has 2 heterocycles. The van der Waals surface area contributed by atoms with E-state index in [0.717, 1.165) is 24.8 Å². The second kappa shape index (κ2) is 3.68. The molecule has 14 heavy (non-hydrogen) atoms. The highest BCUT2D eigenvalue weighted by atomic mass is 35.5. The number of rotatable bonds is 1. The predicted molar refractivity (Wildman–Crippen MR) is 61.4 cm³/mol. The summed E-state index contributed by atoms with van der Waals surface area (Å²) in [4.78, 5) is 6.57. The molecule has 0 aliphatic carbocycles. The van der Waals surface area contributed by atoms with E-state index in [4.69, 9.17) is 11.6 Å². The van der Waals surface area contributed by atoms with Gasteiger partial charge in [-0.25, -0.2) is 4.98 Å². The van der Waals surface area contributed by atoms with Gasteiger partial charge in [0.2, 0.25) is 0 Å². The van der Waals surface area contributed by atoms with E-state index in [9.17, 15) is 0 Å². The molecule has 3 nitrogen and oxygen atoms in total. The van der Waals surface area contributed by atoms with Crippen LogP contribution in [0.3, 0.4) is 0 Å². The Morgan fingerprint density at radius 1 is 1.64 bits per heavy atom. The summed E-state index contributed by atoms with van der Waals surface area (Å²) in [5, 5.41) is 6.98. The van der Waals surface area contributed by atoms with Gasteiger partial charge in [0.25, 0.3) is 0 Å². The van der Waals surface area contributed by atoms with E-state index in [1.165, 1.54) is 0 Å². The van der Waals surface area contributed by atoms with Crippen molar-refractivity contribution in [2.75, 3.05) is 24.5 Å². The first-order chi connectivity index (χ1) is 6.57. The number of anilines is 1. The molecule has 0 aromatic carbocycles. The summed E-state index contributed by atoms with van der Waals surface area (Å²) in [6.07, 6.45) is 0. The molecule has 0 atom stereocenters. The van der Waals surface area contributed by atoms with Crippen LogP contribution in [0.5, 0.6) is 0 Å². The van der Waals surface area contributed by atoms with Crippen LogP contribution in [-0.4, -0.2) is 30.2 Å². The van der Waals surface area contributed by atoms with E-state index in [0.29, 0.717) is 5.15 Å². The molecule has 78 valence electrons. The van der Waals surface area contributed by atoms with E-state index < -0.39 is 0 Å². The van der Waals surface area contributed by atoms with E-state index in [-0.39, 0.29) is 5.54 Å². The molecule has 0 radical (unpaired) electrons. The van der Waals surface area contributed by atoms with Gasteiger partial charge in [0.1, 0.15) is 5.15 Å². The number of piperazine rings is 1. The number of halogens is 1. The first-order valence-corrected chi connectivity index (χ1v) is 5.94. The molecule has 0 bridgehead atoms. The number of hydrogen-bond donors (Lipinski definition) is 1. The molecule has 1 aromatic rings. The zero-order valence-electron chi connectivity index (χ0n) is 8.38. The molecule has 1 fully saturated rings. The Hall–Kier alpha value is -0.320. The highest BCUT2D eigenvalue weighted by Gasteiger charge is 2.26. The molecule has 1 aliphatic rings. The van der Waals surface area contributed by atoms with E-state index in [2.05, 4.69) is 29.0 Å². The van der Waals surface area contributed by atoms with Gasteiger partial charge in [-0.2, -0.15) is 0 Å². The molecule has 1 N–H and O–H groups in total. The van der Waals surface area contributed by atoms with Crippen molar-refractivity contribution in [3.63, 3.8) is 0 Å². The standard InChI is InChI=1S/C9H14ClN3S/c1-9(2)6-13(4-3-11-9)8-12-7(10)5-14-8/h5,11H,3-4,6H2,1-2H3. The lowest BCUT2D eigenvalue weighted by atomic mass is 10.0. The SMILES string of the molecule is CC1(C)CN(c2nc(Cl)cs2)CCN1.